The Balaban J connectivity index is 1.44. The predicted molar refractivity (Wildman–Crippen MR) is 115 cm³/mol. The lowest BCUT2D eigenvalue weighted by Crippen LogP contribution is -2.35. The molecule has 0 radical (unpaired) electrons. The highest BCUT2D eigenvalue weighted by molar-refractivity contribution is 5.54. The van der Waals surface area contributed by atoms with E-state index in [1.807, 2.05) is 42.5 Å². The average Bonchev–Trinajstić information content (AvgIpc) is 2.74. The topological polar surface area (TPSA) is 70.2 Å². The van der Waals surface area contributed by atoms with Crippen molar-refractivity contribution < 1.29 is 4.74 Å². The zero-order valence-corrected chi connectivity index (χ0v) is 16.6. The second kappa shape index (κ2) is 8.92. The maximum absolute atomic E-state index is 12.7. The van der Waals surface area contributed by atoms with Crippen molar-refractivity contribution in [1.29, 1.82) is 0 Å². The third-order valence-corrected chi connectivity index (χ3v) is 4.99. The van der Waals surface area contributed by atoms with Crippen molar-refractivity contribution in [2.45, 2.75) is 32.9 Å². The quantitative estimate of drug-likeness (QED) is 0.641. The molecule has 1 aliphatic heterocycles. The molecule has 0 fully saturated rings. The molecular formula is C23H26N4O2. The smallest absolute Gasteiger partial charge is 0.257 e. The maximum atomic E-state index is 12.7. The van der Waals surface area contributed by atoms with E-state index in [0.717, 1.165) is 48.6 Å². The lowest BCUT2D eigenvalue weighted by molar-refractivity contribution is 0.242. The molecule has 29 heavy (non-hydrogen) atoms. The van der Waals surface area contributed by atoms with E-state index in [1.54, 1.807) is 0 Å². The fourth-order valence-electron chi connectivity index (χ4n) is 3.51. The van der Waals surface area contributed by atoms with Gasteiger partial charge < -0.3 is 10.1 Å². The second-order valence-corrected chi connectivity index (χ2v) is 7.28. The van der Waals surface area contributed by atoms with Crippen LogP contribution >= 0.6 is 0 Å². The van der Waals surface area contributed by atoms with Crippen LogP contribution in [-0.2, 0) is 19.5 Å². The monoisotopic (exact) mass is 390 g/mol. The molecule has 0 spiro atoms. The fourth-order valence-corrected chi connectivity index (χ4v) is 3.51. The number of ether oxygens (including phenoxy) is 1. The van der Waals surface area contributed by atoms with Crippen LogP contribution in [0.4, 0.5) is 11.6 Å². The molecule has 1 aromatic heterocycles. The number of nitrogens with zero attached hydrogens (tertiary/aromatic N) is 2. The summed E-state index contributed by atoms with van der Waals surface area (Å²) in [6.45, 7) is 5.13. The number of rotatable bonds is 7. The molecule has 0 unspecified atom stereocenters. The molecule has 6 nitrogen and oxygen atoms in total. The van der Waals surface area contributed by atoms with Crippen molar-refractivity contribution in [2.75, 3.05) is 18.5 Å². The van der Waals surface area contributed by atoms with Crippen LogP contribution in [0.1, 0.15) is 30.2 Å². The van der Waals surface area contributed by atoms with E-state index in [2.05, 4.69) is 39.2 Å². The number of hydrogen-bond acceptors (Lipinski definition) is 5. The lowest BCUT2D eigenvalue weighted by atomic mass is 10.1. The van der Waals surface area contributed by atoms with Crippen LogP contribution in [0, 0.1) is 0 Å². The van der Waals surface area contributed by atoms with E-state index in [-0.39, 0.29) is 5.56 Å². The largest absolute Gasteiger partial charge is 0.494 e. The summed E-state index contributed by atoms with van der Waals surface area (Å²) in [5, 5.41) is 3.19. The Morgan fingerprint density at radius 3 is 2.69 bits per heavy atom. The minimum Gasteiger partial charge on any atom is -0.494 e. The number of fused-ring (bicyclic) bond motifs is 1. The van der Waals surface area contributed by atoms with Gasteiger partial charge in [0.2, 0.25) is 5.95 Å². The Hall–Kier alpha value is -3.12. The zero-order valence-electron chi connectivity index (χ0n) is 16.6. The molecule has 4 rings (SSSR count). The van der Waals surface area contributed by atoms with Gasteiger partial charge in [-0.15, -0.1) is 0 Å². The SMILES string of the molecule is CCCOc1ccc(Nc2nc3c(c(=O)[nH]2)CN(Cc2ccccc2)CC3)cc1. The Bertz CT molecular complexity index is 1000. The second-order valence-electron chi connectivity index (χ2n) is 7.28. The number of H-pyrrole nitrogens is 1. The summed E-state index contributed by atoms with van der Waals surface area (Å²) in [6.07, 6.45) is 1.74. The number of aromatic amines is 1. The van der Waals surface area contributed by atoms with Crippen LogP contribution in [0.15, 0.2) is 59.4 Å². The normalized spacial score (nSPS) is 13.7. The molecule has 0 bridgehead atoms. The minimum atomic E-state index is -0.0711. The van der Waals surface area contributed by atoms with Gasteiger partial charge in [-0.25, -0.2) is 4.98 Å². The molecule has 2 aromatic carbocycles. The van der Waals surface area contributed by atoms with Crippen molar-refractivity contribution in [3.05, 3.63) is 81.8 Å². The molecule has 1 aliphatic rings. The van der Waals surface area contributed by atoms with Crippen molar-refractivity contribution in [3.8, 4) is 5.75 Å². The Morgan fingerprint density at radius 1 is 1.14 bits per heavy atom. The highest BCUT2D eigenvalue weighted by Gasteiger charge is 2.21. The number of nitrogens with one attached hydrogen (secondary N) is 2. The van der Waals surface area contributed by atoms with Crippen molar-refractivity contribution in [3.63, 3.8) is 0 Å². The van der Waals surface area contributed by atoms with Gasteiger partial charge in [0, 0.05) is 31.7 Å². The van der Waals surface area contributed by atoms with Crippen LogP contribution in [0.2, 0.25) is 0 Å². The fraction of sp³-hybridized carbons (Fsp3) is 0.304. The molecule has 2 heterocycles. The average molecular weight is 390 g/mol. The number of hydrogen-bond donors (Lipinski definition) is 2. The van der Waals surface area contributed by atoms with Gasteiger partial charge in [0.05, 0.1) is 17.9 Å². The van der Waals surface area contributed by atoms with Gasteiger partial charge in [-0.1, -0.05) is 37.3 Å². The summed E-state index contributed by atoms with van der Waals surface area (Å²) in [7, 11) is 0. The Kier molecular flexibility index (Phi) is 5.91. The highest BCUT2D eigenvalue weighted by atomic mass is 16.5. The van der Waals surface area contributed by atoms with E-state index in [1.165, 1.54) is 5.56 Å². The summed E-state index contributed by atoms with van der Waals surface area (Å²) >= 11 is 0. The summed E-state index contributed by atoms with van der Waals surface area (Å²) in [4.78, 5) is 22.5. The van der Waals surface area contributed by atoms with E-state index in [9.17, 15) is 4.79 Å². The standard InChI is InChI=1S/C23H26N4O2/c1-2-14-29-19-10-8-18(9-11-19)24-23-25-21-12-13-27(16-20(21)22(28)26-23)15-17-6-4-3-5-7-17/h3-11H,2,12-16H2,1H3,(H2,24,25,26,28). The van der Waals surface area contributed by atoms with Gasteiger partial charge in [0.15, 0.2) is 0 Å². The number of benzene rings is 2. The maximum Gasteiger partial charge on any atom is 0.257 e. The molecule has 0 saturated carbocycles. The molecular weight excluding hydrogens is 364 g/mol. The first-order chi connectivity index (χ1) is 14.2. The predicted octanol–water partition coefficient (Wildman–Crippen LogP) is 3.86. The molecule has 2 N–H and O–H groups in total. The van der Waals surface area contributed by atoms with E-state index in [0.29, 0.717) is 19.1 Å². The van der Waals surface area contributed by atoms with Gasteiger partial charge >= 0.3 is 0 Å². The highest BCUT2D eigenvalue weighted by Crippen LogP contribution is 2.20. The van der Waals surface area contributed by atoms with E-state index in [4.69, 9.17) is 4.74 Å². The lowest BCUT2D eigenvalue weighted by Gasteiger charge is -2.27. The van der Waals surface area contributed by atoms with Gasteiger partial charge in [-0.05, 0) is 36.2 Å². The summed E-state index contributed by atoms with van der Waals surface area (Å²) in [5.41, 5.74) is 3.69. The Morgan fingerprint density at radius 2 is 1.93 bits per heavy atom. The minimum absolute atomic E-state index is 0.0711. The van der Waals surface area contributed by atoms with Crippen LogP contribution in [-0.4, -0.2) is 28.0 Å². The summed E-state index contributed by atoms with van der Waals surface area (Å²) in [6, 6.07) is 18.0. The summed E-state index contributed by atoms with van der Waals surface area (Å²) in [5.74, 6) is 1.32. The van der Waals surface area contributed by atoms with Crippen LogP contribution in [0.3, 0.4) is 0 Å². The summed E-state index contributed by atoms with van der Waals surface area (Å²) < 4.78 is 5.60. The van der Waals surface area contributed by atoms with Crippen molar-refractivity contribution in [1.82, 2.24) is 14.9 Å². The molecule has 0 aliphatic carbocycles. The zero-order chi connectivity index (χ0) is 20.1. The number of anilines is 2. The number of aromatic nitrogens is 2. The molecule has 0 atom stereocenters. The van der Waals surface area contributed by atoms with Gasteiger partial charge in [0.1, 0.15) is 5.75 Å². The third-order valence-electron chi connectivity index (χ3n) is 4.99. The van der Waals surface area contributed by atoms with Crippen molar-refractivity contribution >= 4 is 11.6 Å². The molecule has 0 amide bonds. The van der Waals surface area contributed by atoms with Crippen LogP contribution < -0.4 is 15.6 Å². The van der Waals surface area contributed by atoms with Gasteiger partial charge in [0.25, 0.3) is 5.56 Å². The molecule has 6 heteroatoms. The Labute approximate surface area is 170 Å². The van der Waals surface area contributed by atoms with E-state index >= 15 is 0 Å². The molecule has 150 valence electrons. The van der Waals surface area contributed by atoms with Gasteiger partial charge in [-0.3, -0.25) is 14.7 Å². The van der Waals surface area contributed by atoms with Crippen molar-refractivity contribution in [2.24, 2.45) is 0 Å². The molecule has 0 saturated heterocycles. The van der Waals surface area contributed by atoms with E-state index < -0.39 is 0 Å². The van der Waals surface area contributed by atoms with Gasteiger partial charge in [-0.2, -0.15) is 0 Å². The first kappa shape index (κ1) is 19.2. The third kappa shape index (κ3) is 4.84. The van der Waals surface area contributed by atoms with Crippen LogP contribution in [0.25, 0.3) is 0 Å². The first-order valence-corrected chi connectivity index (χ1v) is 10.1. The molecule has 3 aromatic rings. The first-order valence-electron chi connectivity index (χ1n) is 10.1. The van der Waals surface area contributed by atoms with Crippen LogP contribution in [0.5, 0.6) is 5.75 Å².